The molecule has 0 aliphatic carbocycles. The number of methoxy groups -OCH3 is 3. The van der Waals surface area contributed by atoms with Crippen molar-refractivity contribution >= 4 is 22.6 Å². The van der Waals surface area contributed by atoms with E-state index in [2.05, 4.69) is 15.6 Å². The minimum atomic E-state index is -0.291. The number of ether oxygens (including phenoxy) is 3. The van der Waals surface area contributed by atoms with Gasteiger partial charge in [-0.2, -0.15) is 0 Å². The number of rotatable bonds is 6. The van der Waals surface area contributed by atoms with Crippen molar-refractivity contribution in [3.05, 3.63) is 47.5 Å². The Morgan fingerprint density at radius 1 is 1.07 bits per heavy atom. The van der Waals surface area contributed by atoms with Gasteiger partial charge in [0.25, 0.3) is 0 Å². The van der Waals surface area contributed by atoms with Crippen molar-refractivity contribution in [2.24, 2.45) is 4.99 Å². The number of furan rings is 1. The van der Waals surface area contributed by atoms with Crippen molar-refractivity contribution in [1.29, 1.82) is 0 Å². The highest BCUT2D eigenvalue weighted by molar-refractivity contribution is 5.94. The second-order valence-corrected chi connectivity index (χ2v) is 6.26. The molecule has 0 bridgehead atoms. The van der Waals surface area contributed by atoms with E-state index in [1.54, 1.807) is 46.6 Å². The lowest BCUT2D eigenvalue weighted by Crippen LogP contribution is -2.30. The average molecular weight is 401 g/mol. The molecule has 0 amide bonds. The second-order valence-electron chi connectivity index (χ2n) is 6.26. The van der Waals surface area contributed by atoms with Crippen LogP contribution in [0.15, 0.2) is 39.7 Å². The Morgan fingerprint density at radius 2 is 1.76 bits per heavy atom. The predicted molar refractivity (Wildman–Crippen MR) is 111 cm³/mol. The maximum atomic E-state index is 13.5. The van der Waals surface area contributed by atoms with Gasteiger partial charge >= 0.3 is 0 Å². The summed E-state index contributed by atoms with van der Waals surface area (Å²) in [5.41, 5.74) is 2.24. The quantitative estimate of drug-likeness (QED) is 0.479. The lowest BCUT2D eigenvalue weighted by Gasteiger charge is -2.16. The number of fused-ring (bicyclic) bond motifs is 1. The molecule has 29 heavy (non-hydrogen) atoms. The van der Waals surface area contributed by atoms with Crippen molar-refractivity contribution in [3.8, 4) is 17.2 Å². The first-order valence-electron chi connectivity index (χ1n) is 8.96. The molecule has 3 aromatic rings. The van der Waals surface area contributed by atoms with Gasteiger partial charge in [-0.25, -0.2) is 4.39 Å². The monoisotopic (exact) mass is 401 g/mol. The third kappa shape index (κ3) is 4.21. The molecule has 0 atom stereocenters. The van der Waals surface area contributed by atoms with Crippen molar-refractivity contribution in [1.82, 2.24) is 5.32 Å². The summed E-state index contributed by atoms with van der Waals surface area (Å²) in [7, 11) is 6.33. The third-order valence-electron chi connectivity index (χ3n) is 4.56. The molecule has 0 radical (unpaired) electrons. The molecule has 2 N–H and O–H groups in total. The number of aryl methyl sites for hydroxylation is 1. The molecule has 0 spiro atoms. The van der Waals surface area contributed by atoms with E-state index in [-0.39, 0.29) is 5.82 Å². The van der Waals surface area contributed by atoms with E-state index in [4.69, 9.17) is 18.6 Å². The number of guanidine groups is 1. The number of benzene rings is 2. The molecule has 7 nitrogen and oxygen atoms in total. The van der Waals surface area contributed by atoms with Crippen LogP contribution in [0.4, 0.5) is 10.1 Å². The number of anilines is 1. The van der Waals surface area contributed by atoms with Crippen LogP contribution in [0.1, 0.15) is 11.3 Å². The molecule has 0 aliphatic rings. The van der Waals surface area contributed by atoms with Gasteiger partial charge in [0, 0.05) is 35.8 Å². The van der Waals surface area contributed by atoms with Gasteiger partial charge < -0.3 is 29.3 Å². The van der Waals surface area contributed by atoms with Gasteiger partial charge in [0.15, 0.2) is 17.5 Å². The van der Waals surface area contributed by atoms with Crippen molar-refractivity contribution in [2.75, 3.05) is 33.7 Å². The summed E-state index contributed by atoms with van der Waals surface area (Å²) < 4.78 is 35.4. The Kier molecular flexibility index (Phi) is 6.11. The summed E-state index contributed by atoms with van der Waals surface area (Å²) in [6, 6.07) is 8.05. The molecule has 0 aliphatic heterocycles. The number of hydrogen-bond acceptors (Lipinski definition) is 5. The summed E-state index contributed by atoms with van der Waals surface area (Å²) in [5.74, 6) is 2.50. The summed E-state index contributed by atoms with van der Waals surface area (Å²) >= 11 is 0. The van der Waals surface area contributed by atoms with Gasteiger partial charge in [-0.05, 0) is 25.1 Å². The van der Waals surface area contributed by atoms with Gasteiger partial charge in [-0.3, -0.25) is 4.99 Å². The topological polar surface area (TPSA) is 77.3 Å². The lowest BCUT2D eigenvalue weighted by molar-refractivity contribution is 0.324. The Balaban J connectivity index is 1.77. The van der Waals surface area contributed by atoms with E-state index >= 15 is 0 Å². The zero-order chi connectivity index (χ0) is 21.0. The Hall–Kier alpha value is -3.42. The van der Waals surface area contributed by atoms with Crippen LogP contribution < -0.4 is 24.8 Å². The van der Waals surface area contributed by atoms with E-state index < -0.39 is 0 Å². The van der Waals surface area contributed by atoms with Crippen molar-refractivity contribution in [3.63, 3.8) is 0 Å². The summed E-state index contributed by atoms with van der Waals surface area (Å²) in [4.78, 5) is 4.23. The van der Waals surface area contributed by atoms with Crippen molar-refractivity contribution < 1.29 is 23.0 Å². The molecule has 0 saturated heterocycles. The molecule has 0 saturated carbocycles. The highest BCUT2D eigenvalue weighted by Gasteiger charge is 2.15. The van der Waals surface area contributed by atoms with Gasteiger partial charge in [-0.15, -0.1) is 0 Å². The Bertz CT molecular complexity index is 1020. The molecule has 8 heteroatoms. The molecule has 154 valence electrons. The third-order valence-corrected chi connectivity index (χ3v) is 4.56. The van der Waals surface area contributed by atoms with E-state index in [1.165, 1.54) is 12.1 Å². The smallest absolute Gasteiger partial charge is 0.203 e. The zero-order valence-corrected chi connectivity index (χ0v) is 17.1. The number of halogens is 1. The minimum Gasteiger partial charge on any atom is -0.493 e. The fourth-order valence-corrected chi connectivity index (χ4v) is 3.05. The van der Waals surface area contributed by atoms with Crippen LogP contribution in [0.5, 0.6) is 17.2 Å². The maximum absolute atomic E-state index is 13.5. The standard InChI is InChI=1S/C21H24FN3O4/c1-12-15-8-13(22)6-7-16(15)29-19(12)11-24-21(23-2)25-14-9-17(26-3)20(28-5)18(10-14)27-4/h6-10H,11H2,1-5H3,(H2,23,24,25). The molecular weight excluding hydrogens is 377 g/mol. The van der Waals surface area contributed by atoms with Crippen LogP contribution in [0.25, 0.3) is 11.0 Å². The van der Waals surface area contributed by atoms with Crippen LogP contribution in [-0.2, 0) is 6.54 Å². The number of nitrogens with zero attached hydrogens (tertiary/aromatic N) is 1. The predicted octanol–water partition coefficient (Wildman–Crippen LogP) is 4.09. The maximum Gasteiger partial charge on any atom is 0.203 e. The van der Waals surface area contributed by atoms with Crippen LogP contribution in [0.3, 0.4) is 0 Å². The number of hydrogen-bond donors (Lipinski definition) is 2. The first-order valence-corrected chi connectivity index (χ1v) is 8.96. The fourth-order valence-electron chi connectivity index (χ4n) is 3.05. The van der Waals surface area contributed by atoms with Gasteiger partial charge in [-0.1, -0.05) is 0 Å². The SMILES string of the molecule is CN=C(NCc1oc2ccc(F)cc2c1C)Nc1cc(OC)c(OC)c(OC)c1. The largest absolute Gasteiger partial charge is 0.493 e. The number of aliphatic imine (C=N–C) groups is 1. The molecule has 0 fully saturated rings. The molecule has 1 heterocycles. The van der Waals surface area contributed by atoms with E-state index in [0.29, 0.717) is 46.8 Å². The van der Waals surface area contributed by atoms with E-state index in [0.717, 1.165) is 10.9 Å². The van der Waals surface area contributed by atoms with Gasteiger partial charge in [0.2, 0.25) is 5.75 Å². The zero-order valence-electron chi connectivity index (χ0n) is 17.1. The van der Waals surface area contributed by atoms with Crippen LogP contribution >= 0.6 is 0 Å². The molecule has 3 rings (SSSR count). The first kappa shape index (κ1) is 20.3. The van der Waals surface area contributed by atoms with Crippen LogP contribution in [-0.4, -0.2) is 34.3 Å². The van der Waals surface area contributed by atoms with E-state index in [9.17, 15) is 4.39 Å². The minimum absolute atomic E-state index is 0.291. The second kappa shape index (κ2) is 8.72. The first-order chi connectivity index (χ1) is 14.0. The van der Waals surface area contributed by atoms with Gasteiger partial charge in [0.05, 0.1) is 27.9 Å². The van der Waals surface area contributed by atoms with Crippen LogP contribution in [0.2, 0.25) is 0 Å². The summed E-state index contributed by atoms with van der Waals surface area (Å²) in [6.45, 7) is 2.28. The van der Waals surface area contributed by atoms with E-state index in [1.807, 2.05) is 6.92 Å². The molecule has 2 aromatic carbocycles. The summed E-state index contributed by atoms with van der Waals surface area (Å²) in [6.07, 6.45) is 0. The van der Waals surface area contributed by atoms with Crippen LogP contribution in [0, 0.1) is 12.7 Å². The molecule has 0 unspecified atom stereocenters. The number of nitrogens with one attached hydrogen (secondary N) is 2. The lowest BCUT2D eigenvalue weighted by atomic mass is 10.1. The molecule has 1 aromatic heterocycles. The normalized spacial score (nSPS) is 11.4. The van der Waals surface area contributed by atoms with Crippen molar-refractivity contribution in [2.45, 2.75) is 13.5 Å². The summed E-state index contributed by atoms with van der Waals surface area (Å²) in [5, 5.41) is 7.14. The highest BCUT2D eigenvalue weighted by atomic mass is 19.1. The van der Waals surface area contributed by atoms with Gasteiger partial charge in [0.1, 0.15) is 17.2 Å². The highest BCUT2D eigenvalue weighted by Crippen LogP contribution is 2.39. The average Bonchev–Trinajstić information content (AvgIpc) is 3.05. The fraction of sp³-hybridized carbons (Fsp3) is 0.286. The Labute approximate surface area is 168 Å². The molecular formula is C21H24FN3O4. The Morgan fingerprint density at radius 3 is 2.34 bits per heavy atom.